The summed E-state index contributed by atoms with van der Waals surface area (Å²) in [7, 11) is 0. The molecule has 0 spiro atoms. The third-order valence-electron chi connectivity index (χ3n) is 9.34. The van der Waals surface area contributed by atoms with E-state index in [1.807, 2.05) is 60.9 Å². The molecule has 2 aliphatic heterocycles. The van der Waals surface area contributed by atoms with Gasteiger partial charge in [0.15, 0.2) is 0 Å². The van der Waals surface area contributed by atoms with Gasteiger partial charge >= 0.3 is 12.2 Å². The maximum atomic E-state index is 13.1. The standard InChI is InChI=1S/C35H52N2O5/c1-24-15-16-31-28(17-18-36(32(31)21-24)33(39)42-35(4,5)6)22-30(38)14-10-13-29-20-25(2)19-26(3)37(29)34(40)41-23-27-11-8-7-9-12-27/h7-9,11-12,24-26,28-32,38H,13,15-23H2,1-6H3/t24-,25+,26-,28?,29-,30?,31+,32-/m0/s1. The summed E-state index contributed by atoms with van der Waals surface area (Å²) in [5.74, 6) is 8.10. The fraction of sp³-hybridized carbons (Fsp3) is 0.714. The van der Waals surface area contributed by atoms with E-state index in [1.54, 1.807) is 0 Å². The average Bonchev–Trinajstić information content (AvgIpc) is 2.91. The highest BCUT2D eigenvalue weighted by atomic mass is 16.6. The number of ether oxygens (including phenoxy) is 2. The minimum absolute atomic E-state index is 0.0343. The van der Waals surface area contributed by atoms with Gasteiger partial charge in [-0.05, 0) is 95.5 Å². The van der Waals surface area contributed by atoms with Crippen molar-refractivity contribution in [2.75, 3.05) is 6.54 Å². The van der Waals surface area contributed by atoms with Crippen LogP contribution in [0.2, 0.25) is 0 Å². The molecule has 1 N–H and O–H groups in total. The Labute approximate surface area is 253 Å². The van der Waals surface area contributed by atoms with Crippen molar-refractivity contribution in [2.24, 2.45) is 23.7 Å². The zero-order valence-corrected chi connectivity index (χ0v) is 26.6. The van der Waals surface area contributed by atoms with Gasteiger partial charge < -0.3 is 24.4 Å². The van der Waals surface area contributed by atoms with E-state index >= 15 is 0 Å². The second-order valence-electron chi connectivity index (χ2n) is 14.2. The third-order valence-corrected chi connectivity index (χ3v) is 9.34. The van der Waals surface area contributed by atoms with Crippen LogP contribution in [0.25, 0.3) is 0 Å². The number of piperidine rings is 2. The van der Waals surface area contributed by atoms with Crippen LogP contribution in [0.15, 0.2) is 30.3 Å². The van der Waals surface area contributed by atoms with E-state index in [2.05, 4.69) is 32.6 Å². The van der Waals surface area contributed by atoms with Gasteiger partial charge in [0.2, 0.25) is 0 Å². The van der Waals surface area contributed by atoms with Crippen molar-refractivity contribution >= 4 is 12.2 Å². The fourth-order valence-corrected chi connectivity index (χ4v) is 7.48. The maximum absolute atomic E-state index is 13.1. The van der Waals surface area contributed by atoms with Gasteiger partial charge in [-0.3, -0.25) is 0 Å². The molecule has 3 fully saturated rings. The lowest BCUT2D eigenvalue weighted by Gasteiger charge is -2.49. The lowest BCUT2D eigenvalue weighted by molar-refractivity contribution is -0.0325. The molecule has 0 bridgehead atoms. The Bertz CT molecular complexity index is 1110. The summed E-state index contributed by atoms with van der Waals surface area (Å²) < 4.78 is 11.4. The molecule has 1 aromatic rings. The smallest absolute Gasteiger partial charge is 0.410 e. The van der Waals surface area contributed by atoms with E-state index in [1.165, 1.54) is 0 Å². The van der Waals surface area contributed by atoms with E-state index in [9.17, 15) is 14.7 Å². The van der Waals surface area contributed by atoms with Crippen LogP contribution >= 0.6 is 0 Å². The number of aliphatic hydroxyl groups excluding tert-OH is 1. The number of amides is 2. The second-order valence-corrected chi connectivity index (χ2v) is 14.2. The first-order valence-corrected chi connectivity index (χ1v) is 16.1. The van der Waals surface area contributed by atoms with Crippen molar-refractivity contribution in [1.29, 1.82) is 0 Å². The van der Waals surface area contributed by atoms with Crippen molar-refractivity contribution in [3.8, 4) is 11.8 Å². The summed E-state index contributed by atoms with van der Waals surface area (Å²) >= 11 is 0. The van der Waals surface area contributed by atoms with Gasteiger partial charge in [0.1, 0.15) is 18.3 Å². The zero-order chi connectivity index (χ0) is 30.4. The largest absolute Gasteiger partial charge is 0.445 e. The van der Waals surface area contributed by atoms with Gasteiger partial charge in [0.05, 0.1) is 0 Å². The van der Waals surface area contributed by atoms with Crippen LogP contribution in [0.5, 0.6) is 0 Å². The monoisotopic (exact) mass is 580 g/mol. The molecule has 8 atom stereocenters. The fourth-order valence-electron chi connectivity index (χ4n) is 7.48. The highest BCUT2D eigenvalue weighted by Gasteiger charge is 2.44. The Balaban J connectivity index is 1.35. The number of carbonyl (C=O) groups excluding carboxylic acids is 2. The molecular formula is C35H52N2O5. The van der Waals surface area contributed by atoms with E-state index in [0.29, 0.717) is 43.1 Å². The van der Waals surface area contributed by atoms with Gasteiger partial charge in [0, 0.05) is 31.1 Å². The van der Waals surface area contributed by atoms with Crippen molar-refractivity contribution in [3.05, 3.63) is 35.9 Å². The molecule has 7 nitrogen and oxygen atoms in total. The highest BCUT2D eigenvalue weighted by Crippen LogP contribution is 2.43. The molecule has 0 aromatic heterocycles. The number of aliphatic hydroxyl groups is 1. The summed E-state index contributed by atoms with van der Waals surface area (Å²) in [6.45, 7) is 13.2. The van der Waals surface area contributed by atoms with E-state index in [4.69, 9.17) is 9.47 Å². The van der Waals surface area contributed by atoms with Crippen molar-refractivity contribution < 1.29 is 24.2 Å². The molecule has 2 unspecified atom stereocenters. The molecule has 1 aromatic carbocycles. The van der Waals surface area contributed by atoms with E-state index in [-0.39, 0.29) is 36.9 Å². The summed E-state index contributed by atoms with van der Waals surface area (Å²) in [6, 6.07) is 9.94. The lowest BCUT2D eigenvalue weighted by Crippen LogP contribution is -2.55. The normalized spacial score (nSPS) is 30.4. The zero-order valence-electron chi connectivity index (χ0n) is 26.6. The molecule has 2 saturated heterocycles. The first kappa shape index (κ1) is 32.2. The van der Waals surface area contributed by atoms with Crippen molar-refractivity contribution in [2.45, 2.75) is 129 Å². The molecule has 2 heterocycles. The van der Waals surface area contributed by atoms with Gasteiger partial charge in [-0.25, -0.2) is 9.59 Å². The van der Waals surface area contributed by atoms with Crippen molar-refractivity contribution in [1.82, 2.24) is 9.80 Å². The predicted molar refractivity (Wildman–Crippen MR) is 164 cm³/mol. The Morgan fingerprint density at radius 2 is 1.74 bits per heavy atom. The van der Waals surface area contributed by atoms with Crippen LogP contribution in [0.3, 0.4) is 0 Å². The molecule has 3 aliphatic rings. The molecule has 2 amide bonds. The average molecular weight is 581 g/mol. The minimum Gasteiger partial charge on any atom is -0.445 e. The summed E-state index contributed by atoms with van der Waals surface area (Å²) in [5, 5.41) is 11.0. The quantitative estimate of drug-likeness (QED) is 0.379. The first-order chi connectivity index (χ1) is 19.9. The number of likely N-dealkylation sites (tertiary alicyclic amines) is 2. The molecule has 7 heteroatoms. The van der Waals surface area contributed by atoms with E-state index < -0.39 is 11.7 Å². The number of hydrogen-bond acceptors (Lipinski definition) is 5. The molecule has 1 saturated carbocycles. The van der Waals surface area contributed by atoms with Gasteiger partial charge in [0.25, 0.3) is 0 Å². The van der Waals surface area contributed by atoms with Gasteiger partial charge in [-0.15, -0.1) is 0 Å². The predicted octanol–water partition coefficient (Wildman–Crippen LogP) is 7.02. The van der Waals surface area contributed by atoms with E-state index in [0.717, 1.165) is 44.1 Å². The topological polar surface area (TPSA) is 79.3 Å². The van der Waals surface area contributed by atoms with Crippen LogP contribution < -0.4 is 0 Å². The van der Waals surface area contributed by atoms with Gasteiger partial charge in [-0.1, -0.05) is 62.4 Å². The number of hydrogen-bond donors (Lipinski definition) is 1. The molecule has 0 radical (unpaired) electrons. The number of benzene rings is 1. The molecular weight excluding hydrogens is 528 g/mol. The van der Waals surface area contributed by atoms with Gasteiger partial charge in [-0.2, -0.15) is 0 Å². The van der Waals surface area contributed by atoms with Crippen molar-refractivity contribution in [3.63, 3.8) is 0 Å². The number of nitrogens with zero attached hydrogens (tertiary/aromatic N) is 2. The molecule has 42 heavy (non-hydrogen) atoms. The third kappa shape index (κ3) is 8.66. The Morgan fingerprint density at radius 1 is 1.00 bits per heavy atom. The van der Waals surface area contributed by atoms with Crippen LogP contribution in [0.4, 0.5) is 9.59 Å². The Morgan fingerprint density at radius 3 is 2.45 bits per heavy atom. The molecule has 232 valence electrons. The summed E-state index contributed by atoms with van der Waals surface area (Å²) in [5.41, 5.74) is 0.451. The highest BCUT2D eigenvalue weighted by molar-refractivity contribution is 5.69. The molecule has 1 aliphatic carbocycles. The van der Waals surface area contributed by atoms with Crippen LogP contribution in [0.1, 0.15) is 98.5 Å². The SMILES string of the molecule is C[C@H]1CC[C@@H]2C(CC(O)C#CC[C@H]3C[C@H](C)C[C@H](C)N3C(=O)OCc3ccccc3)CCN(C(=O)OC(C)(C)C)[C@H]2C1. The Kier molecular flexibility index (Phi) is 10.9. The number of rotatable bonds is 5. The Hall–Kier alpha value is -2.72. The van der Waals surface area contributed by atoms with Crippen LogP contribution in [-0.4, -0.2) is 63.5 Å². The number of carbonyl (C=O) groups is 2. The molecule has 4 rings (SSSR count). The summed E-state index contributed by atoms with van der Waals surface area (Å²) in [6.07, 6.45) is 5.77. The van der Waals surface area contributed by atoms with Crippen LogP contribution in [-0.2, 0) is 16.1 Å². The van der Waals surface area contributed by atoms with Crippen LogP contribution in [0, 0.1) is 35.5 Å². The maximum Gasteiger partial charge on any atom is 0.410 e. The minimum atomic E-state index is -0.722. The first-order valence-electron chi connectivity index (χ1n) is 16.1. The number of fused-ring (bicyclic) bond motifs is 1. The summed E-state index contributed by atoms with van der Waals surface area (Å²) in [4.78, 5) is 30.0. The lowest BCUT2D eigenvalue weighted by atomic mass is 9.68. The second kappa shape index (κ2) is 14.2.